The van der Waals surface area contributed by atoms with Crippen molar-refractivity contribution in [1.29, 1.82) is 0 Å². The maximum atomic E-state index is 13.4. The number of piperazine rings is 1. The molecule has 2 amide bonds. The minimum atomic E-state index is -0.547. The number of methoxy groups -OCH3 is 1. The van der Waals surface area contributed by atoms with Gasteiger partial charge in [0, 0.05) is 62.4 Å². The van der Waals surface area contributed by atoms with E-state index in [0.29, 0.717) is 21.5 Å². The number of pyridine rings is 1. The minimum Gasteiger partial charge on any atom is -0.494 e. The molecule has 1 aliphatic rings. The number of carbonyl (C=O) groups is 2. The van der Waals surface area contributed by atoms with Crippen LogP contribution in [0.4, 0.5) is 17.5 Å². The third-order valence-corrected chi connectivity index (χ3v) is 8.36. The van der Waals surface area contributed by atoms with Gasteiger partial charge in [-0.1, -0.05) is 34.8 Å². The molecule has 41 heavy (non-hydrogen) atoms. The van der Waals surface area contributed by atoms with E-state index < -0.39 is 11.8 Å². The van der Waals surface area contributed by atoms with Gasteiger partial charge in [-0.05, 0) is 35.2 Å². The van der Waals surface area contributed by atoms with E-state index in [1.807, 2.05) is 5.38 Å². The Morgan fingerprint density at radius 3 is 2.41 bits per heavy atom. The SMILES string of the molecule is COc1cc(Cl)cc(C(=O)Nc2ccc(Cl)cn2)c1NC(=O)c1scc(CN2CCN(c3ncccn3)CC2)c1Cl. The molecule has 1 fully saturated rings. The second kappa shape index (κ2) is 13.0. The van der Waals surface area contributed by atoms with Crippen LogP contribution < -0.4 is 20.3 Å². The molecule has 1 saturated heterocycles. The number of hydrogen-bond acceptors (Lipinski definition) is 9. The van der Waals surface area contributed by atoms with Gasteiger partial charge >= 0.3 is 0 Å². The van der Waals surface area contributed by atoms with Gasteiger partial charge in [0.05, 0.1) is 28.4 Å². The summed E-state index contributed by atoms with van der Waals surface area (Å²) in [6, 6.07) is 7.90. The molecule has 14 heteroatoms. The first-order chi connectivity index (χ1) is 19.8. The Morgan fingerprint density at radius 2 is 1.73 bits per heavy atom. The quantitative estimate of drug-likeness (QED) is 0.253. The molecule has 3 aromatic heterocycles. The first kappa shape index (κ1) is 29.0. The normalized spacial score (nSPS) is 13.6. The number of rotatable bonds is 8. The van der Waals surface area contributed by atoms with Gasteiger partial charge in [0.25, 0.3) is 11.8 Å². The zero-order valence-electron chi connectivity index (χ0n) is 21.7. The van der Waals surface area contributed by atoms with Gasteiger partial charge in [-0.15, -0.1) is 11.3 Å². The smallest absolute Gasteiger partial charge is 0.267 e. The van der Waals surface area contributed by atoms with E-state index in [0.717, 1.165) is 37.7 Å². The van der Waals surface area contributed by atoms with Crippen molar-refractivity contribution in [2.75, 3.05) is 48.8 Å². The van der Waals surface area contributed by atoms with Crippen molar-refractivity contribution in [3.05, 3.63) is 85.4 Å². The monoisotopic (exact) mass is 631 g/mol. The number of nitrogens with zero attached hydrogens (tertiary/aromatic N) is 5. The summed E-state index contributed by atoms with van der Waals surface area (Å²) in [6.45, 7) is 3.76. The Hall–Kier alpha value is -3.48. The molecule has 0 saturated carbocycles. The summed E-state index contributed by atoms with van der Waals surface area (Å²) in [7, 11) is 1.42. The number of anilines is 3. The summed E-state index contributed by atoms with van der Waals surface area (Å²) in [5.74, 6) is 0.187. The lowest BCUT2D eigenvalue weighted by atomic mass is 10.1. The van der Waals surface area contributed by atoms with Crippen LogP contribution in [0.2, 0.25) is 15.1 Å². The van der Waals surface area contributed by atoms with Crippen molar-refractivity contribution in [2.45, 2.75) is 6.54 Å². The van der Waals surface area contributed by atoms with Crippen LogP contribution in [0.5, 0.6) is 5.75 Å². The number of aromatic nitrogens is 3. The van der Waals surface area contributed by atoms with Gasteiger partial charge in [0.1, 0.15) is 16.4 Å². The molecule has 0 radical (unpaired) electrons. The third-order valence-electron chi connectivity index (χ3n) is 6.35. The highest BCUT2D eigenvalue weighted by atomic mass is 35.5. The minimum absolute atomic E-state index is 0.0904. The Morgan fingerprint density at radius 1 is 0.976 bits per heavy atom. The Bertz CT molecular complexity index is 1550. The molecule has 5 rings (SSSR count). The van der Waals surface area contributed by atoms with Crippen molar-refractivity contribution in [2.24, 2.45) is 0 Å². The lowest BCUT2D eigenvalue weighted by molar-refractivity contribution is 0.102. The van der Waals surface area contributed by atoms with E-state index in [1.54, 1.807) is 30.6 Å². The fourth-order valence-electron chi connectivity index (χ4n) is 4.30. The molecule has 10 nitrogen and oxygen atoms in total. The number of thiophene rings is 1. The van der Waals surface area contributed by atoms with Crippen LogP contribution in [0.1, 0.15) is 25.6 Å². The predicted octanol–water partition coefficient (Wildman–Crippen LogP) is 5.73. The summed E-state index contributed by atoms with van der Waals surface area (Å²) in [6.07, 6.45) is 4.88. The molecule has 4 heterocycles. The molecule has 4 aromatic rings. The number of carbonyl (C=O) groups excluding carboxylic acids is 2. The van der Waals surface area contributed by atoms with Gasteiger partial charge in [0.15, 0.2) is 0 Å². The molecule has 1 aromatic carbocycles. The Kier molecular flexibility index (Phi) is 9.21. The van der Waals surface area contributed by atoms with Gasteiger partial charge in [-0.2, -0.15) is 0 Å². The number of benzene rings is 1. The van der Waals surface area contributed by atoms with Crippen LogP contribution in [-0.2, 0) is 6.54 Å². The molecule has 2 N–H and O–H groups in total. The largest absolute Gasteiger partial charge is 0.494 e. The predicted molar refractivity (Wildman–Crippen MR) is 162 cm³/mol. The summed E-state index contributed by atoms with van der Waals surface area (Å²) in [4.78, 5) is 44.0. The maximum Gasteiger partial charge on any atom is 0.267 e. The van der Waals surface area contributed by atoms with Crippen molar-refractivity contribution in [3.8, 4) is 5.75 Å². The van der Waals surface area contributed by atoms with Gasteiger partial charge in [0.2, 0.25) is 5.95 Å². The van der Waals surface area contributed by atoms with Crippen LogP contribution >= 0.6 is 46.1 Å². The maximum absolute atomic E-state index is 13.4. The molecule has 0 bridgehead atoms. The standard InChI is InChI=1S/C27H24Cl3N7O3S/c1-40-20-12-18(29)11-19(25(38)34-21-4-3-17(28)13-33-21)23(20)35-26(39)24-22(30)16(15-41-24)14-36-7-9-37(10-8-36)27-31-5-2-6-32-27/h2-6,11-13,15H,7-10,14H2,1H3,(H,35,39)(H,33,34,38). The highest BCUT2D eigenvalue weighted by Crippen LogP contribution is 2.35. The van der Waals surface area contributed by atoms with Crippen LogP contribution in [-0.4, -0.2) is 65.0 Å². The molecule has 1 aliphatic heterocycles. The fourth-order valence-corrected chi connectivity index (χ4v) is 5.86. The van der Waals surface area contributed by atoms with E-state index in [1.165, 1.54) is 36.8 Å². The zero-order valence-corrected chi connectivity index (χ0v) is 24.8. The van der Waals surface area contributed by atoms with Crippen LogP contribution in [0.25, 0.3) is 0 Å². The van der Waals surface area contributed by atoms with Crippen molar-refractivity contribution in [3.63, 3.8) is 0 Å². The van der Waals surface area contributed by atoms with E-state index >= 15 is 0 Å². The average molecular weight is 633 g/mol. The second-order valence-electron chi connectivity index (χ2n) is 9.02. The number of halogens is 3. The third kappa shape index (κ3) is 6.88. The van der Waals surface area contributed by atoms with E-state index in [9.17, 15) is 9.59 Å². The lowest BCUT2D eigenvalue weighted by Crippen LogP contribution is -2.46. The molecule has 0 unspecified atom stereocenters. The summed E-state index contributed by atoms with van der Waals surface area (Å²) in [5.41, 5.74) is 1.09. The van der Waals surface area contributed by atoms with Crippen molar-refractivity contribution < 1.29 is 14.3 Å². The lowest BCUT2D eigenvalue weighted by Gasteiger charge is -2.34. The topological polar surface area (TPSA) is 113 Å². The number of amides is 2. The van der Waals surface area contributed by atoms with Gasteiger partial charge in [-0.25, -0.2) is 15.0 Å². The molecule has 0 atom stereocenters. The fraction of sp³-hybridized carbons (Fsp3) is 0.222. The second-order valence-corrected chi connectivity index (χ2v) is 11.1. The first-order valence-electron chi connectivity index (χ1n) is 12.4. The van der Waals surface area contributed by atoms with Crippen LogP contribution in [0.15, 0.2) is 54.3 Å². The summed E-state index contributed by atoms with van der Waals surface area (Å²) in [5, 5.41) is 8.40. The Labute approximate surface area is 255 Å². The molecular weight excluding hydrogens is 609 g/mol. The molecule has 0 spiro atoms. The molecule has 212 valence electrons. The van der Waals surface area contributed by atoms with E-state index in [-0.39, 0.29) is 27.8 Å². The summed E-state index contributed by atoms with van der Waals surface area (Å²) >= 11 is 20.1. The van der Waals surface area contributed by atoms with Crippen molar-refractivity contribution >= 4 is 75.4 Å². The zero-order chi connectivity index (χ0) is 28.9. The molecule has 0 aliphatic carbocycles. The van der Waals surface area contributed by atoms with Gasteiger partial charge in [-0.3, -0.25) is 14.5 Å². The highest BCUT2D eigenvalue weighted by molar-refractivity contribution is 7.13. The number of nitrogens with one attached hydrogen (secondary N) is 2. The average Bonchev–Trinajstić information content (AvgIpc) is 3.35. The van der Waals surface area contributed by atoms with Crippen molar-refractivity contribution in [1.82, 2.24) is 19.9 Å². The molecular formula is C27H24Cl3N7O3S. The Balaban J connectivity index is 1.29. The summed E-state index contributed by atoms with van der Waals surface area (Å²) < 4.78 is 5.43. The van der Waals surface area contributed by atoms with Gasteiger partial charge < -0.3 is 20.3 Å². The highest BCUT2D eigenvalue weighted by Gasteiger charge is 2.25. The first-order valence-corrected chi connectivity index (χ1v) is 14.5. The van der Waals surface area contributed by atoms with Crippen LogP contribution in [0.3, 0.4) is 0 Å². The van der Waals surface area contributed by atoms with E-state index in [2.05, 4.69) is 35.4 Å². The van der Waals surface area contributed by atoms with Crippen LogP contribution in [0, 0.1) is 0 Å². The number of ether oxygens (including phenoxy) is 1. The number of hydrogen-bond donors (Lipinski definition) is 2. The van der Waals surface area contributed by atoms with E-state index in [4.69, 9.17) is 39.5 Å².